The average molecular weight is 259 g/mol. The van der Waals surface area contributed by atoms with Crippen LogP contribution < -0.4 is 10.2 Å². The number of benzene rings is 1. The normalized spacial score (nSPS) is 10.7. The second-order valence-electron chi connectivity index (χ2n) is 4.86. The summed E-state index contributed by atoms with van der Waals surface area (Å²) in [7, 11) is 5.74. The number of methoxy groups -OCH3 is 1. The monoisotopic (exact) mass is 259 g/mol. The highest BCUT2D eigenvalue weighted by molar-refractivity contribution is 6.00. The van der Waals surface area contributed by atoms with Gasteiger partial charge in [0.1, 0.15) is 5.82 Å². The molecule has 0 aliphatic rings. The fourth-order valence-electron chi connectivity index (χ4n) is 2.13. The Labute approximate surface area is 114 Å². The van der Waals surface area contributed by atoms with E-state index in [4.69, 9.17) is 4.74 Å². The molecular formula is C15H21N3O. The first kappa shape index (κ1) is 13.6. The highest BCUT2D eigenvalue weighted by Crippen LogP contribution is 2.30. The van der Waals surface area contributed by atoms with Crippen LogP contribution in [0.2, 0.25) is 0 Å². The van der Waals surface area contributed by atoms with Gasteiger partial charge in [-0.3, -0.25) is 0 Å². The van der Waals surface area contributed by atoms with E-state index in [2.05, 4.69) is 35.4 Å². The van der Waals surface area contributed by atoms with Crippen molar-refractivity contribution in [3.8, 4) is 0 Å². The van der Waals surface area contributed by atoms with Gasteiger partial charge in [0.15, 0.2) is 0 Å². The number of rotatable bonds is 5. The fraction of sp³-hybridized carbons (Fsp3) is 0.400. The van der Waals surface area contributed by atoms with E-state index < -0.39 is 0 Å². The number of hydrogen-bond donors (Lipinski definition) is 1. The second kappa shape index (κ2) is 5.89. The number of ether oxygens (including phenoxy) is 1. The van der Waals surface area contributed by atoms with Crippen LogP contribution in [0.4, 0.5) is 11.5 Å². The summed E-state index contributed by atoms with van der Waals surface area (Å²) in [4.78, 5) is 6.59. The number of nitrogens with zero attached hydrogens (tertiary/aromatic N) is 2. The van der Waals surface area contributed by atoms with Gasteiger partial charge in [-0.15, -0.1) is 0 Å². The van der Waals surface area contributed by atoms with Crippen molar-refractivity contribution in [1.82, 2.24) is 4.98 Å². The van der Waals surface area contributed by atoms with Gasteiger partial charge in [-0.05, 0) is 13.0 Å². The Morgan fingerprint density at radius 2 is 2.05 bits per heavy atom. The Bertz CT molecular complexity index is 567. The number of aryl methyl sites for hydroxylation is 1. The van der Waals surface area contributed by atoms with Crippen LogP contribution in [0.1, 0.15) is 5.56 Å². The van der Waals surface area contributed by atoms with Crippen LogP contribution in [0.5, 0.6) is 0 Å². The summed E-state index contributed by atoms with van der Waals surface area (Å²) in [6.07, 6.45) is 1.89. The van der Waals surface area contributed by atoms with Gasteiger partial charge in [0.25, 0.3) is 0 Å². The number of nitrogens with one attached hydrogen (secondary N) is 1. The van der Waals surface area contributed by atoms with Crippen LogP contribution >= 0.6 is 0 Å². The van der Waals surface area contributed by atoms with Crippen LogP contribution in [0, 0.1) is 6.92 Å². The summed E-state index contributed by atoms with van der Waals surface area (Å²) in [5.74, 6) is 0.996. The first-order valence-corrected chi connectivity index (χ1v) is 6.43. The molecule has 0 saturated carbocycles. The summed E-state index contributed by atoms with van der Waals surface area (Å²) in [6, 6.07) is 6.46. The van der Waals surface area contributed by atoms with Crippen molar-refractivity contribution < 1.29 is 4.74 Å². The van der Waals surface area contributed by atoms with Gasteiger partial charge in [-0.1, -0.05) is 17.7 Å². The Kier molecular flexibility index (Phi) is 4.22. The zero-order valence-corrected chi connectivity index (χ0v) is 12.0. The quantitative estimate of drug-likeness (QED) is 0.838. The van der Waals surface area contributed by atoms with E-state index in [0.717, 1.165) is 18.1 Å². The molecule has 0 unspecified atom stereocenters. The topological polar surface area (TPSA) is 37.4 Å². The molecule has 19 heavy (non-hydrogen) atoms. The molecule has 0 atom stereocenters. The molecule has 4 heteroatoms. The highest BCUT2D eigenvalue weighted by Gasteiger charge is 2.09. The molecule has 2 aromatic rings. The molecule has 2 rings (SSSR count). The van der Waals surface area contributed by atoms with Crippen molar-refractivity contribution in [2.24, 2.45) is 0 Å². The summed E-state index contributed by atoms with van der Waals surface area (Å²) in [5, 5.41) is 5.74. The summed E-state index contributed by atoms with van der Waals surface area (Å²) in [5.41, 5.74) is 2.30. The van der Waals surface area contributed by atoms with Gasteiger partial charge in [-0.25, -0.2) is 4.98 Å². The molecule has 0 saturated heterocycles. The third kappa shape index (κ3) is 2.96. The van der Waals surface area contributed by atoms with Gasteiger partial charge < -0.3 is 15.0 Å². The predicted octanol–water partition coefficient (Wildman–Crippen LogP) is 2.67. The average Bonchev–Trinajstić information content (AvgIpc) is 2.38. The van der Waals surface area contributed by atoms with Crippen LogP contribution in [-0.4, -0.2) is 39.3 Å². The van der Waals surface area contributed by atoms with Crippen LogP contribution in [-0.2, 0) is 4.74 Å². The minimum Gasteiger partial charge on any atom is -0.383 e. The number of aromatic nitrogens is 1. The number of hydrogen-bond acceptors (Lipinski definition) is 4. The number of pyridine rings is 1. The summed E-state index contributed by atoms with van der Waals surface area (Å²) in [6.45, 7) is 3.56. The van der Waals surface area contributed by atoms with E-state index >= 15 is 0 Å². The van der Waals surface area contributed by atoms with Crippen molar-refractivity contribution in [3.05, 3.63) is 30.0 Å². The lowest BCUT2D eigenvalue weighted by atomic mass is 10.1. The molecule has 0 fully saturated rings. The molecule has 0 aliphatic carbocycles. The maximum atomic E-state index is 5.07. The summed E-state index contributed by atoms with van der Waals surface area (Å²) >= 11 is 0. The van der Waals surface area contributed by atoms with Crippen molar-refractivity contribution in [2.45, 2.75) is 6.92 Å². The molecule has 1 heterocycles. The van der Waals surface area contributed by atoms with Crippen LogP contribution in [0.3, 0.4) is 0 Å². The Morgan fingerprint density at radius 1 is 1.26 bits per heavy atom. The van der Waals surface area contributed by atoms with Crippen molar-refractivity contribution in [3.63, 3.8) is 0 Å². The maximum Gasteiger partial charge on any atom is 0.136 e. The van der Waals surface area contributed by atoms with Gasteiger partial charge in [0.05, 0.1) is 18.5 Å². The Morgan fingerprint density at radius 3 is 2.74 bits per heavy atom. The third-order valence-corrected chi connectivity index (χ3v) is 3.07. The molecule has 1 aromatic heterocycles. The molecular weight excluding hydrogens is 238 g/mol. The van der Waals surface area contributed by atoms with Crippen molar-refractivity contribution in [1.29, 1.82) is 0 Å². The molecule has 102 valence electrons. The first-order chi connectivity index (χ1) is 9.13. The third-order valence-electron chi connectivity index (χ3n) is 3.07. The zero-order valence-electron chi connectivity index (χ0n) is 12.0. The van der Waals surface area contributed by atoms with E-state index in [-0.39, 0.29) is 0 Å². The highest BCUT2D eigenvalue weighted by atomic mass is 16.5. The largest absolute Gasteiger partial charge is 0.383 e. The van der Waals surface area contributed by atoms with E-state index in [1.165, 1.54) is 16.3 Å². The molecule has 1 aromatic carbocycles. The summed E-state index contributed by atoms with van der Waals surface area (Å²) < 4.78 is 5.07. The van der Waals surface area contributed by atoms with Crippen molar-refractivity contribution >= 4 is 22.3 Å². The minimum atomic E-state index is 0.683. The number of anilines is 2. The smallest absolute Gasteiger partial charge is 0.136 e. The fourth-order valence-corrected chi connectivity index (χ4v) is 2.13. The zero-order chi connectivity index (χ0) is 13.8. The van der Waals surface area contributed by atoms with Gasteiger partial charge in [-0.2, -0.15) is 0 Å². The van der Waals surface area contributed by atoms with E-state index in [0.29, 0.717) is 6.61 Å². The van der Waals surface area contributed by atoms with E-state index in [9.17, 15) is 0 Å². The molecule has 0 radical (unpaired) electrons. The molecule has 4 nitrogen and oxygen atoms in total. The second-order valence-corrected chi connectivity index (χ2v) is 4.86. The predicted molar refractivity (Wildman–Crippen MR) is 81.2 cm³/mol. The van der Waals surface area contributed by atoms with Crippen molar-refractivity contribution in [2.75, 3.05) is 44.6 Å². The molecule has 1 N–H and O–H groups in total. The number of fused-ring (bicyclic) bond motifs is 1. The van der Waals surface area contributed by atoms with E-state index in [1.807, 2.05) is 25.2 Å². The maximum absolute atomic E-state index is 5.07. The lowest BCUT2D eigenvalue weighted by molar-refractivity contribution is 0.211. The standard InChI is InChI=1S/C15H21N3O/c1-11-5-6-12-13(9-11)15(18(2)3)17-10-14(12)16-7-8-19-4/h5-6,9-10,16H,7-8H2,1-4H3. The van der Waals surface area contributed by atoms with Crippen LogP contribution in [0.25, 0.3) is 10.8 Å². The molecule has 0 aliphatic heterocycles. The van der Waals surface area contributed by atoms with Crippen LogP contribution in [0.15, 0.2) is 24.4 Å². The van der Waals surface area contributed by atoms with Gasteiger partial charge in [0.2, 0.25) is 0 Å². The molecule has 0 bridgehead atoms. The van der Waals surface area contributed by atoms with Gasteiger partial charge in [0, 0.05) is 38.5 Å². The SMILES string of the molecule is COCCNc1cnc(N(C)C)c2cc(C)ccc12. The molecule has 0 amide bonds. The first-order valence-electron chi connectivity index (χ1n) is 6.43. The lowest BCUT2D eigenvalue weighted by Crippen LogP contribution is -2.13. The molecule has 0 spiro atoms. The Hall–Kier alpha value is -1.81. The Balaban J connectivity index is 2.47. The van der Waals surface area contributed by atoms with E-state index in [1.54, 1.807) is 7.11 Å². The minimum absolute atomic E-state index is 0.683. The van der Waals surface area contributed by atoms with Gasteiger partial charge >= 0.3 is 0 Å². The lowest BCUT2D eigenvalue weighted by Gasteiger charge is -2.17.